The van der Waals surface area contributed by atoms with Crippen LogP contribution in [0.5, 0.6) is 0 Å². The first kappa shape index (κ1) is 17.9. The summed E-state index contributed by atoms with van der Waals surface area (Å²) in [6, 6.07) is 0.468. The second kappa shape index (κ2) is 7.20. The number of hydrogen-bond donors (Lipinski definition) is 2. The minimum absolute atomic E-state index is 0.425. The summed E-state index contributed by atoms with van der Waals surface area (Å²) in [5, 5.41) is 3.51. The smallest absolute Gasteiger partial charge is 0.279 e. The lowest BCUT2D eigenvalue weighted by atomic mass is 9.91. The van der Waals surface area contributed by atoms with Gasteiger partial charge >= 0.3 is 0 Å². The van der Waals surface area contributed by atoms with E-state index >= 15 is 0 Å². The first-order valence-electron chi connectivity index (χ1n) is 7.68. The minimum Gasteiger partial charge on any atom is -0.314 e. The van der Waals surface area contributed by atoms with Crippen LogP contribution in [-0.2, 0) is 10.2 Å². The van der Waals surface area contributed by atoms with Gasteiger partial charge in [-0.05, 0) is 59.4 Å². The number of nitrogens with zero attached hydrogens (tertiary/aromatic N) is 1. The molecular formula is C14H31N3O2S. The monoisotopic (exact) mass is 305 g/mol. The van der Waals surface area contributed by atoms with Gasteiger partial charge in [-0.15, -0.1) is 0 Å². The third-order valence-corrected chi connectivity index (χ3v) is 5.61. The zero-order chi connectivity index (χ0) is 15.4. The van der Waals surface area contributed by atoms with Crippen LogP contribution in [0.4, 0.5) is 0 Å². The van der Waals surface area contributed by atoms with E-state index in [2.05, 4.69) is 23.9 Å². The molecule has 1 unspecified atom stereocenters. The summed E-state index contributed by atoms with van der Waals surface area (Å²) in [5.41, 5.74) is -0.425. The molecule has 1 heterocycles. The molecule has 0 aromatic carbocycles. The summed E-state index contributed by atoms with van der Waals surface area (Å²) in [4.78, 5) is 0. The van der Waals surface area contributed by atoms with Crippen LogP contribution in [0.15, 0.2) is 0 Å². The van der Waals surface area contributed by atoms with E-state index in [1.807, 2.05) is 20.8 Å². The maximum absolute atomic E-state index is 12.2. The van der Waals surface area contributed by atoms with Gasteiger partial charge in [0.25, 0.3) is 10.2 Å². The minimum atomic E-state index is -3.34. The fourth-order valence-electron chi connectivity index (χ4n) is 2.61. The quantitative estimate of drug-likeness (QED) is 0.785. The summed E-state index contributed by atoms with van der Waals surface area (Å²) in [5.74, 6) is 0.572. The molecule has 0 aromatic heterocycles. The van der Waals surface area contributed by atoms with Gasteiger partial charge < -0.3 is 5.32 Å². The molecule has 5 nitrogen and oxygen atoms in total. The van der Waals surface area contributed by atoms with E-state index in [4.69, 9.17) is 0 Å². The summed E-state index contributed by atoms with van der Waals surface area (Å²) in [6.45, 7) is 12.2. The summed E-state index contributed by atoms with van der Waals surface area (Å²) < 4.78 is 28.8. The Balaban J connectivity index is 2.49. The van der Waals surface area contributed by atoms with Crippen LogP contribution in [0, 0.1) is 5.92 Å². The third-order valence-electron chi connectivity index (χ3n) is 3.70. The molecule has 1 atom stereocenters. The Morgan fingerprint density at radius 1 is 1.25 bits per heavy atom. The van der Waals surface area contributed by atoms with Crippen molar-refractivity contribution in [2.75, 3.05) is 19.6 Å². The lowest BCUT2D eigenvalue weighted by molar-refractivity contribution is 0.228. The molecule has 1 aliphatic heterocycles. The topological polar surface area (TPSA) is 61.4 Å². The largest absolute Gasteiger partial charge is 0.314 e. The van der Waals surface area contributed by atoms with Gasteiger partial charge in [-0.3, -0.25) is 0 Å². The number of nitrogens with one attached hydrogen (secondary N) is 2. The predicted octanol–water partition coefficient (Wildman–Crippen LogP) is 1.72. The summed E-state index contributed by atoms with van der Waals surface area (Å²) in [7, 11) is -3.34. The Morgan fingerprint density at radius 2 is 1.80 bits per heavy atom. The van der Waals surface area contributed by atoms with E-state index < -0.39 is 15.7 Å². The van der Waals surface area contributed by atoms with Gasteiger partial charge in [-0.25, -0.2) is 0 Å². The van der Waals surface area contributed by atoms with Crippen LogP contribution in [0.25, 0.3) is 0 Å². The molecule has 1 saturated heterocycles. The summed E-state index contributed by atoms with van der Waals surface area (Å²) >= 11 is 0. The molecule has 1 rings (SSSR count). The van der Waals surface area contributed by atoms with Crippen LogP contribution >= 0.6 is 0 Å². The van der Waals surface area contributed by atoms with Gasteiger partial charge in [-0.2, -0.15) is 17.4 Å². The molecule has 6 heteroatoms. The van der Waals surface area contributed by atoms with Gasteiger partial charge in [0, 0.05) is 24.7 Å². The molecule has 0 bridgehead atoms. The standard InChI is InChI=1S/C14H31N3O2S/c1-6-9-15-12(2)13-7-10-17(11-8-13)20(18,19)16-14(3,4)5/h12-13,15-16H,6-11H2,1-5H3. The van der Waals surface area contributed by atoms with E-state index in [1.54, 1.807) is 4.31 Å². The number of rotatable bonds is 6. The number of hydrogen-bond acceptors (Lipinski definition) is 3. The van der Waals surface area contributed by atoms with Crippen LogP contribution in [0.2, 0.25) is 0 Å². The zero-order valence-corrected chi connectivity index (χ0v) is 14.4. The average Bonchev–Trinajstić information content (AvgIpc) is 2.33. The lowest BCUT2D eigenvalue weighted by Crippen LogP contribution is -2.52. The molecule has 0 aromatic rings. The Hall–Kier alpha value is -0.170. The molecule has 0 aliphatic carbocycles. The first-order chi connectivity index (χ1) is 9.15. The van der Waals surface area contributed by atoms with Crippen molar-refractivity contribution in [2.24, 2.45) is 5.92 Å². The van der Waals surface area contributed by atoms with Gasteiger partial charge in [0.15, 0.2) is 0 Å². The molecule has 0 radical (unpaired) electrons. The summed E-state index contributed by atoms with van der Waals surface area (Å²) in [6.07, 6.45) is 3.00. The van der Waals surface area contributed by atoms with Crippen molar-refractivity contribution >= 4 is 10.2 Å². The highest BCUT2D eigenvalue weighted by Gasteiger charge is 2.32. The van der Waals surface area contributed by atoms with Crippen molar-refractivity contribution in [1.82, 2.24) is 14.3 Å². The Bertz CT molecular complexity index is 382. The van der Waals surface area contributed by atoms with Crippen molar-refractivity contribution in [3.05, 3.63) is 0 Å². The van der Waals surface area contributed by atoms with Crippen molar-refractivity contribution in [2.45, 2.75) is 65.5 Å². The highest BCUT2D eigenvalue weighted by atomic mass is 32.2. The molecule has 20 heavy (non-hydrogen) atoms. The Labute approximate surface area is 124 Å². The fraction of sp³-hybridized carbons (Fsp3) is 1.00. The van der Waals surface area contributed by atoms with Crippen molar-refractivity contribution in [3.8, 4) is 0 Å². The van der Waals surface area contributed by atoms with Crippen molar-refractivity contribution in [3.63, 3.8) is 0 Å². The molecule has 120 valence electrons. The highest BCUT2D eigenvalue weighted by molar-refractivity contribution is 7.87. The van der Waals surface area contributed by atoms with Crippen molar-refractivity contribution < 1.29 is 8.42 Å². The highest BCUT2D eigenvalue weighted by Crippen LogP contribution is 2.22. The second-order valence-electron chi connectivity index (χ2n) is 6.84. The molecule has 0 saturated carbocycles. The van der Waals surface area contributed by atoms with E-state index in [0.717, 1.165) is 25.8 Å². The van der Waals surface area contributed by atoms with Crippen molar-refractivity contribution in [1.29, 1.82) is 0 Å². The van der Waals surface area contributed by atoms with Crippen LogP contribution in [0.3, 0.4) is 0 Å². The van der Waals surface area contributed by atoms with Gasteiger partial charge in [-0.1, -0.05) is 6.92 Å². The second-order valence-corrected chi connectivity index (χ2v) is 8.51. The molecule has 0 spiro atoms. The van der Waals surface area contributed by atoms with Gasteiger partial charge in [0.2, 0.25) is 0 Å². The Kier molecular flexibility index (Phi) is 6.44. The molecule has 1 aliphatic rings. The molecule has 2 N–H and O–H groups in total. The van der Waals surface area contributed by atoms with Crippen LogP contribution < -0.4 is 10.0 Å². The normalized spacial score (nSPS) is 21.1. The Morgan fingerprint density at radius 3 is 2.25 bits per heavy atom. The lowest BCUT2D eigenvalue weighted by Gasteiger charge is -2.36. The van der Waals surface area contributed by atoms with Gasteiger partial charge in [0.1, 0.15) is 0 Å². The first-order valence-corrected chi connectivity index (χ1v) is 9.12. The predicted molar refractivity (Wildman–Crippen MR) is 83.9 cm³/mol. The molecule has 0 amide bonds. The van der Waals surface area contributed by atoms with E-state index in [1.165, 1.54) is 0 Å². The van der Waals surface area contributed by atoms with Crippen LogP contribution in [0.1, 0.15) is 53.9 Å². The van der Waals surface area contributed by atoms with Gasteiger partial charge in [0.05, 0.1) is 0 Å². The molecule has 1 fully saturated rings. The average molecular weight is 305 g/mol. The maximum Gasteiger partial charge on any atom is 0.279 e. The van der Waals surface area contributed by atoms with Crippen LogP contribution in [-0.4, -0.2) is 43.9 Å². The molecular weight excluding hydrogens is 274 g/mol. The third kappa shape index (κ3) is 5.68. The number of piperidine rings is 1. The SMILES string of the molecule is CCCNC(C)C1CCN(S(=O)(=O)NC(C)(C)C)CC1. The van der Waals surface area contributed by atoms with E-state index in [0.29, 0.717) is 25.0 Å². The zero-order valence-electron chi connectivity index (χ0n) is 13.6. The van der Waals surface area contributed by atoms with E-state index in [9.17, 15) is 8.42 Å². The van der Waals surface area contributed by atoms with E-state index in [-0.39, 0.29) is 0 Å². The fourth-order valence-corrected chi connectivity index (χ4v) is 4.20. The maximum atomic E-state index is 12.2.